The van der Waals surface area contributed by atoms with Crippen molar-refractivity contribution >= 4 is 11.9 Å². The highest BCUT2D eigenvalue weighted by molar-refractivity contribution is 5.97. The molecular formula is C19H12F6O3. The topological polar surface area (TPSA) is 35.5 Å². The van der Waals surface area contributed by atoms with Crippen molar-refractivity contribution < 1.29 is 40.6 Å². The van der Waals surface area contributed by atoms with Gasteiger partial charge in [0.2, 0.25) is 6.79 Å². The van der Waals surface area contributed by atoms with Gasteiger partial charge in [0.1, 0.15) is 0 Å². The number of fused-ring (bicyclic) bond motifs is 1. The standard InChI is InChI=1S/C19H12F6O3/c20-18(21,22)13-7-12(8-14(9-13)19(23,24)25)15(26)3-1-2-11-4-5-16-17(6-11)28-10-27-16/h1-2,4-9H,3,10H2. The molecule has 148 valence electrons. The van der Waals surface area contributed by atoms with Gasteiger partial charge in [-0.1, -0.05) is 18.2 Å². The summed E-state index contributed by atoms with van der Waals surface area (Å²) >= 11 is 0. The third-order valence-electron chi connectivity index (χ3n) is 3.92. The Morgan fingerprint density at radius 3 is 2.11 bits per heavy atom. The number of hydrogen-bond donors (Lipinski definition) is 0. The van der Waals surface area contributed by atoms with Crippen molar-refractivity contribution in [2.24, 2.45) is 0 Å². The molecular weight excluding hydrogens is 390 g/mol. The van der Waals surface area contributed by atoms with Crippen molar-refractivity contribution in [3.05, 3.63) is 64.7 Å². The molecule has 0 aliphatic carbocycles. The Hall–Kier alpha value is -2.97. The maximum absolute atomic E-state index is 12.9. The van der Waals surface area contributed by atoms with Crippen LogP contribution in [-0.4, -0.2) is 12.6 Å². The number of allylic oxidation sites excluding steroid dienone is 1. The molecule has 1 aliphatic rings. The molecule has 3 nitrogen and oxygen atoms in total. The lowest BCUT2D eigenvalue weighted by Crippen LogP contribution is -2.13. The van der Waals surface area contributed by atoms with Crippen LogP contribution >= 0.6 is 0 Å². The van der Waals surface area contributed by atoms with E-state index in [0.717, 1.165) is 0 Å². The lowest BCUT2D eigenvalue weighted by Gasteiger charge is -2.13. The second kappa shape index (κ2) is 7.21. The maximum atomic E-state index is 12.9. The maximum Gasteiger partial charge on any atom is 0.416 e. The molecule has 28 heavy (non-hydrogen) atoms. The molecule has 0 atom stereocenters. The Kier molecular flexibility index (Phi) is 5.10. The molecule has 1 aliphatic heterocycles. The van der Waals surface area contributed by atoms with Crippen LogP contribution in [0.4, 0.5) is 26.3 Å². The molecule has 9 heteroatoms. The average Bonchev–Trinajstić information content (AvgIpc) is 3.07. The average molecular weight is 402 g/mol. The molecule has 0 saturated heterocycles. The number of Topliss-reactive ketones (excluding diaryl/α,β-unsaturated/α-hetero) is 1. The number of carbonyl (C=O) groups excluding carboxylic acids is 1. The van der Waals surface area contributed by atoms with E-state index in [9.17, 15) is 31.1 Å². The first kappa shape index (κ1) is 19.8. The van der Waals surface area contributed by atoms with Crippen molar-refractivity contribution in [1.82, 2.24) is 0 Å². The highest BCUT2D eigenvalue weighted by atomic mass is 19.4. The van der Waals surface area contributed by atoms with Crippen LogP contribution in [0.3, 0.4) is 0 Å². The first-order valence-corrected chi connectivity index (χ1v) is 7.93. The van der Waals surface area contributed by atoms with E-state index in [0.29, 0.717) is 29.2 Å². The number of rotatable bonds is 4. The van der Waals surface area contributed by atoms with Crippen LogP contribution in [0.1, 0.15) is 33.5 Å². The molecule has 0 fully saturated rings. The van der Waals surface area contributed by atoms with Crippen molar-refractivity contribution in [3.63, 3.8) is 0 Å². The summed E-state index contributed by atoms with van der Waals surface area (Å²) in [5, 5.41) is 0. The summed E-state index contributed by atoms with van der Waals surface area (Å²) in [6.45, 7) is 0.0814. The largest absolute Gasteiger partial charge is 0.454 e. The molecule has 0 N–H and O–H groups in total. The van der Waals surface area contributed by atoms with Gasteiger partial charge in [-0.15, -0.1) is 0 Å². The van der Waals surface area contributed by atoms with E-state index in [1.807, 2.05) is 0 Å². The lowest BCUT2D eigenvalue weighted by molar-refractivity contribution is -0.143. The van der Waals surface area contributed by atoms with Gasteiger partial charge in [-0.2, -0.15) is 26.3 Å². The quantitative estimate of drug-likeness (QED) is 0.483. The van der Waals surface area contributed by atoms with Gasteiger partial charge in [0.05, 0.1) is 11.1 Å². The summed E-state index contributed by atoms with van der Waals surface area (Å²) < 4.78 is 87.5. The van der Waals surface area contributed by atoms with Gasteiger partial charge in [-0.05, 0) is 35.9 Å². The molecule has 2 aromatic rings. The van der Waals surface area contributed by atoms with Crippen molar-refractivity contribution in [1.29, 1.82) is 0 Å². The molecule has 3 rings (SSSR count). The minimum atomic E-state index is -5.00. The summed E-state index contributed by atoms with van der Waals surface area (Å²) in [6, 6.07) is 5.78. The van der Waals surface area contributed by atoms with E-state index in [2.05, 4.69) is 0 Å². The summed E-state index contributed by atoms with van der Waals surface area (Å²) in [5.41, 5.74) is -3.06. The third kappa shape index (κ3) is 4.47. The van der Waals surface area contributed by atoms with Crippen LogP contribution in [0, 0.1) is 0 Å². The van der Waals surface area contributed by atoms with Crippen LogP contribution in [0.25, 0.3) is 6.08 Å². The lowest BCUT2D eigenvalue weighted by atomic mass is 10.00. The smallest absolute Gasteiger partial charge is 0.416 e. The minimum Gasteiger partial charge on any atom is -0.454 e. The summed E-state index contributed by atoms with van der Waals surface area (Å²) in [5.74, 6) is 0.187. The fraction of sp³-hybridized carbons (Fsp3) is 0.211. The number of carbonyl (C=O) groups is 1. The van der Waals surface area contributed by atoms with Gasteiger partial charge in [-0.3, -0.25) is 4.79 Å². The third-order valence-corrected chi connectivity index (χ3v) is 3.92. The molecule has 0 bridgehead atoms. The van der Waals surface area contributed by atoms with Gasteiger partial charge in [0, 0.05) is 12.0 Å². The van der Waals surface area contributed by atoms with Gasteiger partial charge in [-0.25, -0.2) is 0 Å². The molecule has 0 saturated carbocycles. The summed E-state index contributed by atoms with van der Waals surface area (Å²) in [7, 11) is 0. The molecule has 1 heterocycles. The van der Waals surface area contributed by atoms with Crippen LogP contribution in [0.15, 0.2) is 42.5 Å². The monoisotopic (exact) mass is 402 g/mol. The minimum absolute atomic E-state index is 0.0146. The van der Waals surface area contributed by atoms with Crippen molar-refractivity contribution in [3.8, 4) is 11.5 Å². The van der Waals surface area contributed by atoms with E-state index < -0.39 is 34.8 Å². The Labute approximate surface area is 155 Å². The number of ketones is 1. The zero-order chi connectivity index (χ0) is 20.5. The first-order valence-electron chi connectivity index (χ1n) is 7.93. The predicted molar refractivity (Wildman–Crippen MR) is 87.0 cm³/mol. The summed E-state index contributed by atoms with van der Waals surface area (Å²) in [6.07, 6.45) is -7.50. The molecule has 0 aromatic heterocycles. The number of ether oxygens (including phenoxy) is 2. The zero-order valence-electron chi connectivity index (χ0n) is 14.0. The molecule has 0 amide bonds. The molecule has 0 spiro atoms. The highest BCUT2D eigenvalue weighted by Gasteiger charge is 2.37. The van der Waals surface area contributed by atoms with Crippen LogP contribution in [0.5, 0.6) is 11.5 Å². The first-order chi connectivity index (χ1) is 13.0. The Morgan fingerprint density at radius 1 is 0.893 bits per heavy atom. The SMILES string of the molecule is O=C(CC=Cc1ccc2c(c1)OCO2)c1cc(C(F)(F)F)cc(C(F)(F)F)c1. The Morgan fingerprint density at radius 2 is 1.50 bits per heavy atom. The fourth-order valence-corrected chi connectivity index (χ4v) is 2.55. The predicted octanol–water partition coefficient (Wildman–Crippen LogP) is 5.74. The van der Waals surface area contributed by atoms with Crippen molar-refractivity contribution in [2.75, 3.05) is 6.79 Å². The van der Waals surface area contributed by atoms with Crippen molar-refractivity contribution in [2.45, 2.75) is 18.8 Å². The van der Waals surface area contributed by atoms with Crippen LogP contribution in [0.2, 0.25) is 0 Å². The number of alkyl halides is 6. The highest BCUT2D eigenvalue weighted by Crippen LogP contribution is 2.36. The fourth-order valence-electron chi connectivity index (χ4n) is 2.55. The number of hydrogen-bond acceptors (Lipinski definition) is 3. The van der Waals surface area contributed by atoms with Crippen LogP contribution < -0.4 is 9.47 Å². The van der Waals surface area contributed by atoms with Gasteiger partial charge >= 0.3 is 12.4 Å². The van der Waals surface area contributed by atoms with E-state index >= 15 is 0 Å². The second-order valence-corrected chi connectivity index (χ2v) is 5.94. The molecule has 2 aromatic carbocycles. The van der Waals surface area contributed by atoms with E-state index in [4.69, 9.17) is 9.47 Å². The number of benzene rings is 2. The van der Waals surface area contributed by atoms with Gasteiger partial charge < -0.3 is 9.47 Å². The van der Waals surface area contributed by atoms with Gasteiger partial charge in [0.25, 0.3) is 0 Å². The Balaban J connectivity index is 1.80. The molecule has 0 unspecified atom stereocenters. The summed E-state index contributed by atoms with van der Waals surface area (Å²) in [4.78, 5) is 12.1. The van der Waals surface area contributed by atoms with E-state index in [1.54, 1.807) is 18.2 Å². The molecule has 0 radical (unpaired) electrons. The van der Waals surface area contributed by atoms with Crippen LogP contribution in [-0.2, 0) is 12.4 Å². The number of halogens is 6. The second-order valence-electron chi connectivity index (χ2n) is 5.94. The normalized spacial score (nSPS) is 13.9. The Bertz CT molecular complexity index is 896. The van der Waals surface area contributed by atoms with E-state index in [1.165, 1.54) is 12.2 Å². The van der Waals surface area contributed by atoms with Gasteiger partial charge in [0.15, 0.2) is 17.3 Å². The zero-order valence-corrected chi connectivity index (χ0v) is 14.0. The van der Waals surface area contributed by atoms with E-state index in [-0.39, 0.29) is 19.3 Å².